The molecule has 92 valence electrons. The smallest absolute Gasteiger partial charge is 0.242 e. The highest BCUT2D eigenvalue weighted by Gasteiger charge is 2.10. The van der Waals surface area contributed by atoms with Crippen LogP contribution in [0.15, 0.2) is 42.5 Å². The summed E-state index contributed by atoms with van der Waals surface area (Å²) in [5, 5.41) is 3.11. The first-order chi connectivity index (χ1) is 8.13. The summed E-state index contributed by atoms with van der Waals surface area (Å²) >= 11 is 0. The van der Waals surface area contributed by atoms with E-state index in [1.54, 1.807) is 4.90 Å². The maximum atomic E-state index is 11.9. The highest BCUT2D eigenvalue weighted by Crippen LogP contribution is 2.05. The molecule has 3 heteroatoms. The number of nitrogens with zero attached hydrogens (tertiary/aromatic N) is 1. The summed E-state index contributed by atoms with van der Waals surface area (Å²) in [5.41, 5.74) is 1.96. The van der Waals surface area contributed by atoms with Gasteiger partial charge in [-0.3, -0.25) is 4.79 Å². The van der Waals surface area contributed by atoms with Gasteiger partial charge in [-0.25, -0.2) is 0 Å². The van der Waals surface area contributed by atoms with E-state index in [-0.39, 0.29) is 5.91 Å². The van der Waals surface area contributed by atoms with Gasteiger partial charge < -0.3 is 10.2 Å². The van der Waals surface area contributed by atoms with Crippen LogP contribution in [-0.2, 0) is 4.79 Å². The molecule has 1 amide bonds. The lowest BCUT2D eigenvalue weighted by molar-refractivity contribution is -0.128. The fourth-order valence-corrected chi connectivity index (χ4v) is 1.55. The van der Waals surface area contributed by atoms with E-state index in [1.807, 2.05) is 44.2 Å². The van der Waals surface area contributed by atoms with Crippen LogP contribution in [0, 0.1) is 0 Å². The van der Waals surface area contributed by atoms with E-state index in [0.717, 1.165) is 11.3 Å². The van der Waals surface area contributed by atoms with Crippen molar-refractivity contribution < 1.29 is 4.79 Å². The standard InChI is InChI=1S/C14H20N2O/c1-4-16(11-12(2)3)14(17)10-15-13-8-6-5-7-9-13/h5-9,15H,2,4,10-11H2,1,3H3. The molecular formula is C14H20N2O. The Balaban J connectivity index is 2.45. The van der Waals surface area contributed by atoms with Crippen LogP contribution >= 0.6 is 0 Å². The van der Waals surface area contributed by atoms with Crippen molar-refractivity contribution in [3.8, 4) is 0 Å². The van der Waals surface area contributed by atoms with Crippen LogP contribution in [0.5, 0.6) is 0 Å². The van der Waals surface area contributed by atoms with Crippen LogP contribution < -0.4 is 5.32 Å². The first kappa shape index (κ1) is 13.3. The third kappa shape index (κ3) is 4.72. The zero-order valence-electron chi connectivity index (χ0n) is 10.6. The number of carbonyl (C=O) groups excluding carboxylic acids is 1. The predicted octanol–water partition coefficient (Wildman–Crippen LogP) is 2.52. The van der Waals surface area contributed by atoms with Crippen molar-refractivity contribution in [1.82, 2.24) is 4.90 Å². The van der Waals surface area contributed by atoms with Gasteiger partial charge in [0, 0.05) is 18.8 Å². The lowest BCUT2D eigenvalue weighted by atomic mass is 10.3. The van der Waals surface area contributed by atoms with Gasteiger partial charge in [0.05, 0.1) is 6.54 Å². The largest absolute Gasteiger partial charge is 0.376 e. The van der Waals surface area contributed by atoms with Crippen LogP contribution in [0.25, 0.3) is 0 Å². The molecule has 1 aromatic rings. The second kappa shape index (κ2) is 6.74. The highest BCUT2D eigenvalue weighted by molar-refractivity contribution is 5.81. The molecule has 0 aliphatic heterocycles. The number of nitrogens with one attached hydrogen (secondary N) is 1. The van der Waals surface area contributed by atoms with Crippen LogP contribution in [0.1, 0.15) is 13.8 Å². The van der Waals surface area contributed by atoms with E-state index in [2.05, 4.69) is 11.9 Å². The summed E-state index contributed by atoms with van der Waals surface area (Å²) in [6, 6.07) is 9.73. The van der Waals surface area contributed by atoms with Crippen LogP contribution in [0.2, 0.25) is 0 Å². The Morgan fingerprint density at radius 1 is 1.35 bits per heavy atom. The summed E-state index contributed by atoms with van der Waals surface area (Å²) in [7, 11) is 0. The van der Waals surface area contributed by atoms with E-state index in [1.165, 1.54) is 0 Å². The minimum Gasteiger partial charge on any atom is -0.376 e. The molecule has 0 saturated heterocycles. The second-order valence-electron chi connectivity index (χ2n) is 4.08. The number of hydrogen-bond donors (Lipinski definition) is 1. The number of rotatable bonds is 6. The Hall–Kier alpha value is -1.77. The zero-order valence-corrected chi connectivity index (χ0v) is 10.6. The molecule has 17 heavy (non-hydrogen) atoms. The Labute approximate surface area is 103 Å². The number of carbonyl (C=O) groups is 1. The molecule has 0 fully saturated rings. The van der Waals surface area contributed by atoms with E-state index in [0.29, 0.717) is 19.6 Å². The molecule has 0 spiro atoms. The highest BCUT2D eigenvalue weighted by atomic mass is 16.2. The van der Waals surface area contributed by atoms with Gasteiger partial charge in [-0.1, -0.05) is 30.4 Å². The van der Waals surface area contributed by atoms with E-state index in [4.69, 9.17) is 0 Å². The van der Waals surface area contributed by atoms with Gasteiger partial charge >= 0.3 is 0 Å². The summed E-state index contributed by atoms with van der Waals surface area (Å²) in [4.78, 5) is 13.7. The molecule has 0 aliphatic rings. The van der Waals surface area contributed by atoms with Gasteiger partial charge in [-0.05, 0) is 26.0 Å². The maximum Gasteiger partial charge on any atom is 0.242 e. The van der Waals surface area contributed by atoms with Crippen LogP contribution in [0.3, 0.4) is 0 Å². The number of likely N-dealkylation sites (N-methyl/N-ethyl adjacent to an activating group) is 1. The van der Waals surface area contributed by atoms with Gasteiger partial charge in [0.15, 0.2) is 0 Å². The molecule has 0 aromatic heterocycles. The lowest BCUT2D eigenvalue weighted by Gasteiger charge is -2.21. The first-order valence-electron chi connectivity index (χ1n) is 5.84. The van der Waals surface area contributed by atoms with E-state index < -0.39 is 0 Å². The van der Waals surface area contributed by atoms with Crippen molar-refractivity contribution in [1.29, 1.82) is 0 Å². The monoisotopic (exact) mass is 232 g/mol. The Kier molecular flexibility index (Phi) is 5.27. The van der Waals surface area contributed by atoms with Crippen LogP contribution in [0.4, 0.5) is 5.69 Å². The maximum absolute atomic E-state index is 11.9. The number of benzene rings is 1. The van der Waals surface area contributed by atoms with Crippen molar-refractivity contribution >= 4 is 11.6 Å². The van der Waals surface area contributed by atoms with Crippen LogP contribution in [-0.4, -0.2) is 30.4 Å². The molecule has 1 N–H and O–H groups in total. The number of hydrogen-bond acceptors (Lipinski definition) is 2. The topological polar surface area (TPSA) is 32.3 Å². The van der Waals surface area contributed by atoms with Crippen molar-refractivity contribution in [2.45, 2.75) is 13.8 Å². The van der Waals surface area contributed by atoms with Gasteiger partial charge in [0.2, 0.25) is 5.91 Å². The molecule has 1 rings (SSSR count). The molecular weight excluding hydrogens is 212 g/mol. The second-order valence-corrected chi connectivity index (χ2v) is 4.08. The first-order valence-corrected chi connectivity index (χ1v) is 5.84. The third-order valence-electron chi connectivity index (χ3n) is 2.41. The SMILES string of the molecule is C=C(C)CN(CC)C(=O)CNc1ccccc1. The molecule has 0 saturated carbocycles. The molecule has 1 aromatic carbocycles. The van der Waals surface area contributed by atoms with Gasteiger partial charge in [0.25, 0.3) is 0 Å². The molecule has 0 aliphatic carbocycles. The minimum absolute atomic E-state index is 0.0966. The van der Waals surface area contributed by atoms with Crippen molar-refractivity contribution in [2.24, 2.45) is 0 Å². The summed E-state index contributed by atoms with van der Waals surface area (Å²) in [6.45, 7) is 9.40. The normalized spacial score (nSPS) is 9.76. The van der Waals surface area contributed by atoms with E-state index >= 15 is 0 Å². The number of anilines is 1. The van der Waals surface area contributed by atoms with Gasteiger partial charge in [-0.15, -0.1) is 0 Å². The molecule has 0 atom stereocenters. The fourth-order valence-electron chi connectivity index (χ4n) is 1.55. The average molecular weight is 232 g/mol. The van der Waals surface area contributed by atoms with Gasteiger partial charge in [-0.2, -0.15) is 0 Å². The van der Waals surface area contributed by atoms with E-state index in [9.17, 15) is 4.79 Å². The van der Waals surface area contributed by atoms with Gasteiger partial charge in [0.1, 0.15) is 0 Å². The fraction of sp³-hybridized carbons (Fsp3) is 0.357. The Morgan fingerprint density at radius 3 is 2.53 bits per heavy atom. The summed E-state index contributed by atoms with van der Waals surface area (Å²) in [5.74, 6) is 0.0966. The lowest BCUT2D eigenvalue weighted by Crippen LogP contribution is -2.36. The predicted molar refractivity (Wildman–Crippen MR) is 72.0 cm³/mol. The van der Waals surface area contributed by atoms with Crippen molar-refractivity contribution in [3.63, 3.8) is 0 Å². The molecule has 0 bridgehead atoms. The molecule has 0 unspecified atom stereocenters. The number of amides is 1. The molecule has 3 nitrogen and oxygen atoms in total. The third-order valence-corrected chi connectivity index (χ3v) is 2.41. The minimum atomic E-state index is 0.0966. The number of para-hydroxylation sites is 1. The molecule has 0 radical (unpaired) electrons. The summed E-state index contributed by atoms with van der Waals surface area (Å²) in [6.07, 6.45) is 0. The quantitative estimate of drug-likeness (QED) is 0.764. The van der Waals surface area contributed by atoms with Crippen molar-refractivity contribution in [3.05, 3.63) is 42.5 Å². The summed E-state index contributed by atoms with van der Waals surface area (Å²) < 4.78 is 0. The average Bonchev–Trinajstić information content (AvgIpc) is 2.34. The Bertz CT molecular complexity index is 373. The zero-order chi connectivity index (χ0) is 12.7. The Morgan fingerprint density at radius 2 is 2.00 bits per heavy atom. The van der Waals surface area contributed by atoms with Crippen molar-refractivity contribution in [2.75, 3.05) is 25.0 Å². The molecule has 0 heterocycles.